The minimum atomic E-state index is 0.315. The molecule has 1 aromatic heterocycles. The van der Waals surface area contributed by atoms with Crippen LogP contribution in [0.25, 0.3) is 0 Å². The zero-order valence-corrected chi connectivity index (χ0v) is 10.3. The van der Waals surface area contributed by atoms with Gasteiger partial charge in [-0.15, -0.1) is 0 Å². The molecule has 0 spiro atoms. The van der Waals surface area contributed by atoms with Gasteiger partial charge in [0, 0.05) is 0 Å². The lowest BCUT2D eigenvalue weighted by molar-refractivity contribution is -0.00312. The average Bonchev–Trinajstić information content (AvgIpc) is 2.50. The van der Waals surface area contributed by atoms with Crippen LogP contribution in [-0.2, 0) is 4.74 Å². The third-order valence-corrected chi connectivity index (χ3v) is 3.44. The molecular weight excluding hydrogens is 293 g/mol. The summed E-state index contributed by atoms with van der Waals surface area (Å²) in [6, 6.07) is 0.315. The van der Waals surface area contributed by atoms with Crippen LogP contribution in [0.15, 0.2) is 6.20 Å². The third kappa shape index (κ3) is 1.88. The largest absolute Gasteiger partial charge is 0.383 e. The van der Waals surface area contributed by atoms with Gasteiger partial charge in [0.15, 0.2) is 0 Å². The monoisotopic (exact) mass is 307 g/mol. The summed E-state index contributed by atoms with van der Waals surface area (Å²) in [5, 5.41) is 4.27. The molecular formula is C9H14IN3O. The van der Waals surface area contributed by atoms with Gasteiger partial charge in [0.2, 0.25) is 0 Å². The van der Waals surface area contributed by atoms with Crippen LogP contribution in [0.5, 0.6) is 0 Å². The Hall–Kier alpha value is -0.300. The first-order chi connectivity index (χ1) is 6.68. The maximum atomic E-state index is 5.91. The highest BCUT2D eigenvalue weighted by Gasteiger charge is 2.22. The van der Waals surface area contributed by atoms with E-state index >= 15 is 0 Å². The van der Waals surface area contributed by atoms with Crippen molar-refractivity contribution in [3.8, 4) is 0 Å². The molecule has 1 aliphatic rings. The Labute approximate surface area is 96.9 Å². The fourth-order valence-corrected chi connectivity index (χ4v) is 2.08. The zero-order chi connectivity index (χ0) is 10.1. The lowest BCUT2D eigenvalue weighted by Gasteiger charge is -2.27. The summed E-state index contributed by atoms with van der Waals surface area (Å²) >= 11 is 2.20. The molecule has 1 aliphatic heterocycles. The van der Waals surface area contributed by atoms with E-state index in [0.717, 1.165) is 28.8 Å². The maximum Gasteiger partial charge on any atom is 0.135 e. The van der Waals surface area contributed by atoms with Crippen molar-refractivity contribution in [3.05, 3.63) is 9.77 Å². The predicted octanol–water partition coefficient (Wildman–Crippen LogP) is 1.81. The highest BCUT2D eigenvalue weighted by atomic mass is 127. The van der Waals surface area contributed by atoms with E-state index in [1.807, 2.05) is 4.68 Å². The van der Waals surface area contributed by atoms with Crippen LogP contribution in [0.1, 0.15) is 25.8 Å². The number of ether oxygens (including phenoxy) is 1. The molecule has 2 rings (SSSR count). The van der Waals surface area contributed by atoms with Crippen molar-refractivity contribution in [1.29, 1.82) is 0 Å². The normalized spacial score (nSPS) is 27.9. The summed E-state index contributed by atoms with van der Waals surface area (Å²) in [6.45, 7) is 2.83. The highest BCUT2D eigenvalue weighted by molar-refractivity contribution is 14.1. The Morgan fingerprint density at radius 1 is 1.64 bits per heavy atom. The van der Waals surface area contributed by atoms with Crippen molar-refractivity contribution < 1.29 is 4.74 Å². The van der Waals surface area contributed by atoms with Crippen LogP contribution in [0.2, 0.25) is 0 Å². The van der Waals surface area contributed by atoms with Crippen molar-refractivity contribution >= 4 is 28.4 Å². The highest BCUT2D eigenvalue weighted by Crippen LogP contribution is 2.26. The van der Waals surface area contributed by atoms with E-state index < -0.39 is 0 Å². The van der Waals surface area contributed by atoms with Crippen LogP contribution >= 0.6 is 22.6 Å². The third-order valence-electron chi connectivity index (χ3n) is 2.61. The van der Waals surface area contributed by atoms with Gasteiger partial charge in [-0.3, -0.25) is 0 Å². The van der Waals surface area contributed by atoms with E-state index in [-0.39, 0.29) is 0 Å². The number of hydrogen-bond donors (Lipinski definition) is 1. The van der Waals surface area contributed by atoms with E-state index in [9.17, 15) is 0 Å². The summed E-state index contributed by atoms with van der Waals surface area (Å²) in [6.07, 6.45) is 4.36. The molecule has 5 heteroatoms. The van der Waals surface area contributed by atoms with E-state index in [2.05, 4.69) is 34.6 Å². The molecule has 1 aromatic rings. The van der Waals surface area contributed by atoms with E-state index in [4.69, 9.17) is 10.5 Å². The maximum absolute atomic E-state index is 5.91. The quantitative estimate of drug-likeness (QED) is 0.805. The molecule has 2 atom stereocenters. The SMILES string of the molecule is CC1CCC(n2ncc(I)c2N)CO1. The number of hydrogen-bond acceptors (Lipinski definition) is 3. The molecule has 0 aromatic carbocycles. The van der Waals surface area contributed by atoms with Crippen molar-refractivity contribution in [2.45, 2.75) is 31.9 Å². The summed E-state index contributed by atoms with van der Waals surface area (Å²) in [4.78, 5) is 0. The lowest BCUT2D eigenvalue weighted by Crippen LogP contribution is -2.27. The van der Waals surface area contributed by atoms with Gasteiger partial charge in [-0.1, -0.05) is 0 Å². The summed E-state index contributed by atoms with van der Waals surface area (Å²) in [7, 11) is 0. The molecule has 0 radical (unpaired) electrons. The fourth-order valence-electron chi connectivity index (χ4n) is 1.70. The molecule has 2 N–H and O–H groups in total. The number of anilines is 1. The topological polar surface area (TPSA) is 53.1 Å². The number of halogens is 1. The summed E-state index contributed by atoms with van der Waals surface area (Å²) < 4.78 is 8.49. The first kappa shape index (κ1) is 10.2. The molecule has 0 amide bonds. The van der Waals surface area contributed by atoms with Gasteiger partial charge in [0.05, 0.1) is 28.5 Å². The second kappa shape index (κ2) is 4.06. The standard InChI is InChI=1S/C9H14IN3O/c1-6-2-3-7(5-14-6)13-9(11)8(10)4-12-13/h4,6-7H,2-3,5,11H2,1H3. The van der Waals surface area contributed by atoms with Crippen LogP contribution in [-0.4, -0.2) is 22.5 Å². The van der Waals surface area contributed by atoms with Gasteiger partial charge in [-0.25, -0.2) is 4.68 Å². The summed E-state index contributed by atoms with van der Waals surface area (Å²) in [5.74, 6) is 0.758. The molecule has 2 unspecified atom stereocenters. The molecule has 0 saturated carbocycles. The molecule has 78 valence electrons. The fraction of sp³-hybridized carbons (Fsp3) is 0.667. The first-order valence-corrected chi connectivity index (χ1v) is 5.86. The number of nitrogens with two attached hydrogens (primary N) is 1. The van der Waals surface area contributed by atoms with Crippen molar-refractivity contribution in [2.75, 3.05) is 12.3 Å². The molecule has 14 heavy (non-hydrogen) atoms. The number of aromatic nitrogens is 2. The lowest BCUT2D eigenvalue weighted by atomic mass is 10.1. The minimum Gasteiger partial charge on any atom is -0.383 e. The second-order valence-electron chi connectivity index (χ2n) is 3.70. The van der Waals surface area contributed by atoms with E-state index in [0.29, 0.717) is 12.1 Å². The van der Waals surface area contributed by atoms with Gasteiger partial charge in [0.1, 0.15) is 5.82 Å². The van der Waals surface area contributed by atoms with E-state index in [1.165, 1.54) is 0 Å². The number of rotatable bonds is 1. The van der Waals surface area contributed by atoms with Crippen LogP contribution < -0.4 is 5.73 Å². The molecule has 4 nitrogen and oxygen atoms in total. The molecule has 2 heterocycles. The molecule has 0 aliphatic carbocycles. The van der Waals surface area contributed by atoms with Crippen molar-refractivity contribution in [1.82, 2.24) is 9.78 Å². The first-order valence-electron chi connectivity index (χ1n) is 4.78. The van der Waals surface area contributed by atoms with Gasteiger partial charge in [0.25, 0.3) is 0 Å². The van der Waals surface area contributed by atoms with Crippen molar-refractivity contribution in [2.24, 2.45) is 0 Å². The zero-order valence-electron chi connectivity index (χ0n) is 8.11. The number of nitrogen functional groups attached to an aromatic ring is 1. The van der Waals surface area contributed by atoms with Crippen LogP contribution in [0, 0.1) is 3.57 Å². The Kier molecular flexibility index (Phi) is 2.96. The smallest absolute Gasteiger partial charge is 0.135 e. The van der Waals surface area contributed by atoms with Crippen molar-refractivity contribution in [3.63, 3.8) is 0 Å². The predicted molar refractivity (Wildman–Crippen MR) is 63.0 cm³/mol. The van der Waals surface area contributed by atoms with Gasteiger partial charge in [-0.05, 0) is 42.4 Å². The van der Waals surface area contributed by atoms with Crippen LogP contribution in [0.4, 0.5) is 5.82 Å². The Morgan fingerprint density at radius 2 is 2.43 bits per heavy atom. The van der Waals surface area contributed by atoms with Gasteiger partial charge >= 0.3 is 0 Å². The van der Waals surface area contributed by atoms with Gasteiger partial charge < -0.3 is 10.5 Å². The second-order valence-corrected chi connectivity index (χ2v) is 4.86. The molecule has 0 bridgehead atoms. The van der Waals surface area contributed by atoms with Gasteiger partial charge in [-0.2, -0.15) is 5.10 Å². The molecule has 1 fully saturated rings. The van der Waals surface area contributed by atoms with Crippen LogP contribution in [0.3, 0.4) is 0 Å². The molecule has 1 saturated heterocycles. The Morgan fingerprint density at radius 3 is 2.93 bits per heavy atom. The average molecular weight is 307 g/mol. The minimum absolute atomic E-state index is 0.315. The number of nitrogens with zero attached hydrogens (tertiary/aromatic N) is 2. The summed E-state index contributed by atoms with van der Waals surface area (Å²) in [5.41, 5.74) is 5.91. The van der Waals surface area contributed by atoms with E-state index in [1.54, 1.807) is 6.20 Å². The Balaban J connectivity index is 2.12. The Bertz CT molecular complexity index is 318.